The second-order valence-electron chi connectivity index (χ2n) is 4.72. The molecule has 0 saturated heterocycles. The molecule has 106 valence electrons. The predicted octanol–water partition coefficient (Wildman–Crippen LogP) is 4.54. The molecule has 0 heterocycles. The van der Waals surface area contributed by atoms with Crippen molar-refractivity contribution in [3.63, 3.8) is 0 Å². The molecule has 0 fully saturated rings. The van der Waals surface area contributed by atoms with Crippen molar-refractivity contribution in [1.29, 1.82) is 0 Å². The fourth-order valence-corrected chi connectivity index (χ4v) is 2.78. The van der Waals surface area contributed by atoms with Crippen molar-refractivity contribution in [2.75, 3.05) is 7.05 Å². The number of halogens is 3. The van der Waals surface area contributed by atoms with Crippen molar-refractivity contribution in [2.45, 2.75) is 19.4 Å². The lowest BCUT2D eigenvalue weighted by Gasteiger charge is -2.20. The van der Waals surface area contributed by atoms with Gasteiger partial charge in [-0.3, -0.25) is 0 Å². The molecule has 0 spiro atoms. The third-order valence-corrected chi connectivity index (χ3v) is 4.50. The Morgan fingerprint density at radius 3 is 2.30 bits per heavy atom. The van der Waals surface area contributed by atoms with Gasteiger partial charge in [-0.1, -0.05) is 40.2 Å². The molecule has 2 aromatic carbocycles. The molecule has 2 aromatic rings. The fourth-order valence-electron chi connectivity index (χ4n) is 2.24. The Morgan fingerprint density at radius 1 is 1.10 bits per heavy atom. The van der Waals surface area contributed by atoms with Crippen LogP contribution in [-0.2, 0) is 6.42 Å². The molecule has 1 nitrogen and oxygen atoms in total. The van der Waals surface area contributed by atoms with Crippen LogP contribution in [0.1, 0.15) is 22.7 Å². The number of aryl methyl sites for hydroxylation is 1. The first-order valence-electron chi connectivity index (χ1n) is 6.39. The second-order valence-corrected chi connectivity index (χ2v) is 5.52. The van der Waals surface area contributed by atoms with E-state index >= 15 is 0 Å². The normalized spacial score (nSPS) is 12.4. The van der Waals surface area contributed by atoms with Gasteiger partial charge in [0.25, 0.3) is 0 Å². The van der Waals surface area contributed by atoms with Crippen LogP contribution in [0.25, 0.3) is 0 Å². The van der Waals surface area contributed by atoms with E-state index in [0.29, 0.717) is 0 Å². The number of hydrogen-bond donors (Lipinski definition) is 1. The van der Waals surface area contributed by atoms with Gasteiger partial charge in [0.2, 0.25) is 0 Å². The highest BCUT2D eigenvalue weighted by Gasteiger charge is 2.18. The Hall–Kier alpha value is -1.26. The van der Waals surface area contributed by atoms with E-state index in [2.05, 4.69) is 21.2 Å². The average molecular weight is 340 g/mol. The van der Waals surface area contributed by atoms with Gasteiger partial charge in [-0.25, -0.2) is 8.78 Å². The summed E-state index contributed by atoms with van der Waals surface area (Å²) in [6, 6.07) is 9.69. The summed E-state index contributed by atoms with van der Waals surface area (Å²) >= 11 is 3.54. The summed E-state index contributed by atoms with van der Waals surface area (Å²) in [5, 5.41) is 3.13. The molecule has 0 saturated carbocycles. The van der Waals surface area contributed by atoms with E-state index in [9.17, 15) is 8.78 Å². The topological polar surface area (TPSA) is 12.0 Å². The lowest BCUT2D eigenvalue weighted by atomic mass is 9.97. The van der Waals surface area contributed by atoms with E-state index in [1.54, 1.807) is 7.05 Å². The summed E-state index contributed by atoms with van der Waals surface area (Å²) in [4.78, 5) is 0. The first kappa shape index (κ1) is 15.1. The lowest BCUT2D eigenvalue weighted by Crippen LogP contribution is -2.20. The fraction of sp³-hybridized carbons (Fsp3) is 0.250. The minimum absolute atomic E-state index is 0.111. The van der Waals surface area contributed by atoms with Crippen LogP contribution in [0.2, 0.25) is 0 Å². The molecule has 0 aliphatic heterocycles. The van der Waals surface area contributed by atoms with Crippen LogP contribution in [0, 0.1) is 18.6 Å². The van der Waals surface area contributed by atoms with Gasteiger partial charge < -0.3 is 5.32 Å². The summed E-state index contributed by atoms with van der Waals surface area (Å²) in [6.07, 6.45) is 0.261. The zero-order valence-electron chi connectivity index (χ0n) is 11.4. The summed E-state index contributed by atoms with van der Waals surface area (Å²) in [7, 11) is 1.79. The second kappa shape index (κ2) is 6.46. The average Bonchev–Trinajstić information content (AvgIpc) is 2.42. The molecule has 0 amide bonds. The molecule has 1 atom stereocenters. The summed E-state index contributed by atoms with van der Waals surface area (Å²) < 4.78 is 28.5. The lowest BCUT2D eigenvalue weighted by molar-refractivity contribution is 0.514. The van der Waals surface area contributed by atoms with Crippen molar-refractivity contribution in [1.82, 2.24) is 5.32 Å². The van der Waals surface area contributed by atoms with Gasteiger partial charge in [0.05, 0.1) is 0 Å². The molecular weight excluding hydrogens is 324 g/mol. The number of likely N-dealkylation sites (N-methyl/N-ethyl adjacent to an activating group) is 1. The largest absolute Gasteiger partial charge is 0.313 e. The Bertz CT molecular complexity index is 593. The Kier molecular flexibility index (Phi) is 4.89. The SMILES string of the molecule is CNC(Cc1c(F)cccc1F)c1cccc(C)c1Br. The van der Waals surface area contributed by atoms with Crippen LogP contribution >= 0.6 is 15.9 Å². The van der Waals surface area contributed by atoms with Crippen LogP contribution in [0.5, 0.6) is 0 Å². The predicted molar refractivity (Wildman–Crippen MR) is 80.7 cm³/mol. The Balaban J connectivity index is 2.37. The molecule has 2 rings (SSSR count). The molecular formula is C16H16BrF2N. The quantitative estimate of drug-likeness (QED) is 0.862. The summed E-state index contributed by atoms with van der Waals surface area (Å²) in [5.41, 5.74) is 2.20. The van der Waals surface area contributed by atoms with Crippen molar-refractivity contribution >= 4 is 15.9 Å². The van der Waals surface area contributed by atoms with E-state index in [-0.39, 0.29) is 18.0 Å². The van der Waals surface area contributed by atoms with Gasteiger partial charge in [0, 0.05) is 16.1 Å². The van der Waals surface area contributed by atoms with E-state index in [1.165, 1.54) is 18.2 Å². The maximum Gasteiger partial charge on any atom is 0.129 e. The van der Waals surface area contributed by atoms with E-state index in [0.717, 1.165) is 15.6 Å². The first-order valence-corrected chi connectivity index (χ1v) is 7.19. The number of hydrogen-bond acceptors (Lipinski definition) is 1. The van der Waals surface area contributed by atoms with E-state index < -0.39 is 11.6 Å². The van der Waals surface area contributed by atoms with E-state index in [4.69, 9.17) is 0 Å². The van der Waals surface area contributed by atoms with Gasteiger partial charge in [0.15, 0.2) is 0 Å². The molecule has 1 unspecified atom stereocenters. The minimum atomic E-state index is -0.506. The third-order valence-electron chi connectivity index (χ3n) is 3.42. The van der Waals surface area contributed by atoms with Crippen LogP contribution in [0.3, 0.4) is 0 Å². The van der Waals surface area contributed by atoms with Gasteiger partial charge in [-0.2, -0.15) is 0 Å². The van der Waals surface area contributed by atoms with Crippen molar-refractivity contribution in [3.8, 4) is 0 Å². The number of benzene rings is 2. The smallest absolute Gasteiger partial charge is 0.129 e. The molecule has 0 bridgehead atoms. The zero-order valence-corrected chi connectivity index (χ0v) is 13.0. The highest BCUT2D eigenvalue weighted by molar-refractivity contribution is 9.10. The first-order chi connectivity index (χ1) is 9.54. The number of rotatable bonds is 4. The number of nitrogens with one attached hydrogen (secondary N) is 1. The summed E-state index contributed by atoms with van der Waals surface area (Å²) in [5.74, 6) is -1.01. The molecule has 4 heteroatoms. The maximum atomic E-state index is 13.8. The van der Waals surface area contributed by atoms with Crippen molar-refractivity contribution < 1.29 is 8.78 Å². The van der Waals surface area contributed by atoms with Crippen LogP contribution < -0.4 is 5.32 Å². The molecule has 0 radical (unpaired) electrons. The molecule has 0 aliphatic rings. The molecule has 0 aliphatic carbocycles. The standard InChI is InChI=1S/C16H16BrF2N/c1-10-5-3-6-11(16(10)17)15(20-2)9-12-13(18)7-4-8-14(12)19/h3-8,15,20H,9H2,1-2H3. The third kappa shape index (κ3) is 3.07. The van der Waals surface area contributed by atoms with Crippen molar-refractivity contribution in [2.24, 2.45) is 0 Å². The van der Waals surface area contributed by atoms with Crippen LogP contribution in [-0.4, -0.2) is 7.05 Å². The Morgan fingerprint density at radius 2 is 1.70 bits per heavy atom. The van der Waals surface area contributed by atoms with Gasteiger partial charge in [-0.05, 0) is 43.7 Å². The maximum absolute atomic E-state index is 13.8. The minimum Gasteiger partial charge on any atom is -0.313 e. The van der Waals surface area contributed by atoms with Gasteiger partial charge >= 0.3 is 0 Å². The summed E-state index contributed by atoms with van der Waals surface area (Å²) in [6.45, 7) is 1.99. The highest BCUT2D eigenvalue weighted by Crippen LogP contribution is 2.29. The molecule has 20 heavy (non-hydrogen) atoms. The van der Waals surface area contributed by atoms with Crippen LogP contribution in [0.4, 0.5) is 8.78 Å². The Labute approximate surface area is 126 Å². The molecule has 1 N–H and O–H groups in total. The molecule has 0 aromatic heterocycles. The van der Waals surface area contributed by atoms with E-state index in [1.807, 2.05) is 25.1 Å². The van der Waals surface area contributed by atoms with Gasteiger partial charge in [0.1, 0.15) is 11.6 Å². The van der Waals surface area contributed by atoms with Crippen LogP contribution in [0.15, 0.2) is 40.9 Å². The van der Waals surface area contributed by atoms with Gasteiger partial charge in [-0.15, -0.1) is 0 Å². The highest BCUT2D eigenvalue weighted by atomic mass is 79.9. The monoisotopic (exact) mass is 339 g/mol. The van der Waals surface area contributed by atoms with Crippen molar-refractivity contribution in [3.05, 3.63) is 69.2 Å². The zero-order chi connectivity index (χ0) is 14.7.